The Bertz CT molecular complexity index is 1160. The molecule has 32 heavy (non-hydrogen) atoms. The standard InChI is InChI=1S/C25H28N4O3/c1-2-29-24(31)21-11-7-6-10-20(21)23(27-29)25(32)28-16-14-19(15-17-28)26-22(30)13-12-18-8-4-3-5-9-18/h3-11,19H,2,12-17H2,1H3,(H,26,30). The Hall–Kier alpha value is -3.48. The number of carbonyl (C=O) groups excluding carboxylic acids is 2. The highest BCUT2D eigenvalue weighted by atomic mass is 16.2. The number of nitrogens with one attached hydrogen (secondary N) is 1. The third-order valence-electron chi connectivity index (χ3n) is 6.00. The molecule has 7 nitrogen and oxygen atoms in total. The van der Waals surface area contributed by atoms with Crippen molar-refractivity contribution in [3.8, 4) is 0 Å². The third-order valence-corrected chi connectivity index (χ3v) is 6.00. The van der Waals surface area contributed by atoms with Crippen LogP contribution in [0, 0.1) is 0 Å². The van der Waals surface area contributed by atoms with Gasteiger partial charge in [-0.25, -0.2) is 4.68 Å². The smallest absolute Gasteiger partial charge is 0.274 e. The number of carbonyl (C=O) groups is 2. The van der Waals surface area contributed by atoms with E-state index in [0.717, 1.165) is 12.0 Å². The van der Waals surface area contributed by atoms with Crippen molar-refractivity contribution in [2.75, 3.05) is 13.1 Å². The molecule has 0 atom stereocenters. The third kappa shape index (κ3) is 4.72. The summed E-state index contributed by atoms with van der Waals surface area (Å²) in [5, 5.41) is 8.56. The first-order chi connectivity index (χ1) is 15.6. The van der Waals surface area contributed by atoms with Crippen LogP contribution >= 0.6 is 0 Å². The molecule has 1 aliphatic rings. The zero-order chi connectivity index (χ0) is 22.5. The van der Waals surface area contributed by atoms with Crippen LogP contribution in [-0.2, 0) is 17.8 Å². The predicted octanol–water partition coefficient (Wildman–Crippen LogP) is 2.77. The Morgan fingerprint density at radius 1 is 1.00 bits per heavy atom. The summed E-state index contributed by atoms with van der Waals surface area (Å²) < 4.78 is 1.34. The first-order valence-electron chi connectivity index (χ1n) is 11.2. The van der Waals surface area contributed by atoms with E-state index >= 15 is 0 Å². The van der Waals surface area contributed by atoms with Crippen LogP contribution in [0.1, 0.15) is 42.2 Å². The lowest BCUT2D eigenvalue weighted by molar-refractivity contribution is -0.122. The molecule has 1 aliphatic heterocycles. The lowest BCUT2D eigenvalue weighted by Crippen LogP contribution is -2.47. The van der Waals surface area contributed by atoms with Gasteiger partial charge < -0.3 is 10.2 Å². The topological polar surface area (TPSA) is 84.3 Å². The van der Waals surface area contributed by atoms with Crippen LogP contribution in [-0.4, -0.2) is 45.6 Å². The summed E-state index contributed by atoms with van der Waals surface area (Å²) in [7, 11) is 0. The van der Waals surface area contributed by atoms with Gasteiger partial charge in [-0.2, -0.15) is 5.10 Å². The molecular formula is C25H28N4O3. The van der Waals surface area contributed by atoms with Gasteiger partial charge in [-0.05, 0) is 37.8 Å². The number of aromatic nitrogens is 2. The molecular weight excluding hydrogens is 404 g/mol. The molecule has 0 aliphatic carbocycles. The Morgan fingerprint density at radius 3 is 2.34 bits per heavy atom. The zero-order valence-corrected chi connectivity index (χ0v) is 18.3. The van der Waals surface area contributed by atoms with Crippen LogP contribution in [0.5, 0.6) is 0 Å². The maximum atomic E-state index is 13.2. The maximum absolute atomic E-state index is 13.2. The number of rotatable bonds is 6. The number of fused-ring (bicyclic) bond motifs is 1. The molecule has 166 valence electrons. The first-order valence-corrected chi connectivity index (χ1v) is 11.2. The highest BCUT2D eigenvalue weighted by molar-refractivity contribution is 6.04. The van der Waals surface area contributed by atoms with Crippen LogP contribution in [0.15, 0.2) is 59.4 Å². The number of aryl methyl sites for hydroxylation is 2. The number of hydrogen-bond acceptors (Lipinski definition) is 4. The van der Waals surface area contributed by atoms with Gasteiger partial charge in [-0.1, -0.05) is 48.5 Å². The lowest BCUT2D eigenvalue weighted by atomic mass is 10.0. The zero-order valence-electron chi connectivity index (χ0n) is 18.3. The largest absolute Gasteiger partial charge is 0.353 e. The molecule has 1 saturated heterocycles. The van der Waals surface area contributed by atoms with Gasteiger partial charge in [0.15, 0.2) is 5.69 Å². The number of piperidine rings is 1. The quantitative estimate of drug-likeness (QED) is 0.649. The van der Waals surface area contributed by atoms with Crippen LogP contribution in [0.4, 0.5) is 0 Å². The van der Waals surface area contributed by atoms with Crippen LogP contribution < -0.4 is 10.9 Å². The molecule has 0 radical (unpaired) electrons. The fourth-order valence-electron chi connectivity index (χ4n) is 4.19. The monoisotopic (exact) mass is 432 g/mol. The van der Waals surface area contributed by atoms with Gasteiger partial charge in [-0.3, -0.25) is 14.4 Å². The maximum Gasteiger partial charge on any atom is 0.274 e. The summed E-state index contributed by atoms with van der Waals surface area (Å²) in [6, 6.07) is 17.2. The molecule has 7 heteroatoms. The van der Waals surface area contributed by atoms with Crippen molar-refractivity contribution in [3.63, 3.8) is 0 Å². The van der Waals surface area contributed by atoms with Gasteiger partial charge in [-0.15, -0.1) is 0 Å². The summed E-state index contributed by atoms with van der Waals surface area (Å²) in [4.78, 5) is 39.9. The van der Waals surface area contributed by atoms with Crippen LogP contribution in [0.25, 0.3) is 10.8 Å². The predicted molar refractivity (Wildman–Crippen MR) is 124 cm³/mol. The summed E-state index contributed by atoms with van der Waals surface area (Å²) in [6.45, 7) is 3.33. The average Bonchev–Trinajstić information content (AvgIpc) is 2.84. The van der Waals surface area contributed by atoms with Crippen molar-refractivity contribution in [3.05, 3.63) is 76.2 Å². The van der Waals surface area contributed by atoms with E-state index in [9.17, 15) is 14.4 Å². The van der Waals surface area contributed by atoms with Gasteiger partial charge in [0.05, 0.1) is 5.39 Å². The van der Waals surface area contributed by atoms with Gasteiger partial charge in [0.1, 0.15) is 0 Å². The van der Waals surface area contributed by atoms with Gasteiger partial charge in [0.25, 0.3) is 11.5 Å². The van der Waals surface area contributed by atoms with E-state index in [4.69, 9.17) is 0 Å². The first kappa shape index (κ1) is 21.7. The van der Waals surface area contributed by atoms with Crippen LogP contribution in [0.2, 0.25) is 0 Å². The minimum absolute atomic E-state index is 0.0429. The van der Waals surface area contributed by atoms with Crippen molar-refractivity contribution >= 4 is 22.6 Å². The molecule has 0 unspecified atom stereocenters. The second-order valence-electron chi connectivity index (χ2n) is 8.13. The fraction of sp³-hybridized carbons (Fsp3) is 0.360. The van der Waals surface area contributed by atoms with E-state index in [1.54, 1.807) is 23.1 Å². The summed E-state index contributed by atoms with van der Waals surface area (Å²) in [5.74, 6) is -0.126. The molecule has 1 fully saturated rings. The van der Waals surface area contributed by atoms with Crippen molar-refractivity contribution in [1.82, 2.24) is 20.0 Å². The Morgan fingerprint density at radius 2 is 1.66 bits per heavy atom. The second kappa shape index (κ2) is 9.77. The molecule has 0 bridgehead atoms. The van der Waals surface area contributed by atoms with Crippen molar-refractivity contribution < 1.29 is 9.59 Å². The van der Waals surface area contributed by atoms with Gasteiger partial charge >= 0.3 is 0 Å². The molecule has 1 N–H and O–H groups in total. The Balaban J connectivity index is 1.37. The number of benzene rings is 2. The number of likely N-dealkylation sites (tertiary alicyclic amines) is 1. The van der Waals surface area contributed by atoms with Crippen molar-refractivity contribution in [2.45, 2.75) is 45.2 Å². The Labute approximate surface area is 187 Å². The van der Waals surface area contributed by atoms with Crippen LogP contribution in [0.3, 0.4) is 0 Å². The molecule has 3 aromatic rings. The van der Waals surface area contributed by atoms with E-state index in [1.165, 1.54) is 4.68 Å². The van der Waals surface area contributed by atoms with E-state index in [2.05, 4.69) is 10.4 Å². The van der Waals surface area contributed by atoms with Crippen molar-refractivity contribution in [2.24, 2.45) is 0 Å². The lowest BCUT2D eigenvalue weighted by Gasteiger charge is -2.32. The highest BCUT2D eigenvalue weighted by Crippen LogP contribution is 2.18. The summed E-state index contributed by atoms with van der Waals surface area (Å²) in [6.07, 6.45) is 2.58. The molecule has 2 amide bonds. The van der Waals surface area contributed by atoms with E-state index in [-0.39, 0.29) is 23.4 Å². The fourth-order valence-corrected chi connectivity index (χ4v) is 4.19. The Kier molecular flexibility index (Phi) is 6.63. The number of amides is 2. The summed E-state index contributed by atoms with van der Waals surface area (Å²) in [5.41, 5.74) is 1.28. The van der Waals surface area contributed by atoms with E-state index in [0.29, 0.717) is 55.4 Å². The average molecular weight is 433 g/mol. The number of hydrogen-bond donors (Lipinski definition) is 1. The molecule has 2 aromatic carbocycles. The minimum atomic E-state index is -0.184. The highest BCUT2D eigenvalue weighted by Gasteiger charge is 2.27. The molecule has 0 saturated carbocycles. The second-order valence-corrected chi connectivity index (χ2v) is 8.13. The normalized spacial score (nSPS) is 14.5. The minimum Gasteiger partial charge on any atom is -0.353 e. The van der Waals surface area contributed by atoms with E-state index < -0.39 is 0 Å². The van der Waals surface area contributed by atoms with Gasteiger partial charge in [0.2, 0.25) is 5.91 Å². The molecule has 0 spiro atoms. The number of nitrogens with zero attached hydrogens (tertiary/aromatic N) is 3. The van der Waals surface area contributed by atoms with Crippen molar-refractivity contribution in [1.29, 1.82) is 0 Å². The molecule has 4 rings (SSSR count). The van der Waals surface area contributed by atoms with E-state index in [1.807, 2.05) is 43.3 Å². The summed E-state index contributed by atoms with van der Waals surface area (Å²) >= 11 is 0. The van der Waals surface area contributed by atoms with Gasteiger partial charge in [0, 0.05) is 37.5 Å². The molecule has 1 aromatic heterocycles. The SMILES string of the molecule is CCn1nc(C(=O)N2CCC(NC(=O)CCc3ccccc3)CC2)c2ccccc2c1=O. The molecule has 2 heterocycles.